The van der Waals surface area contributed by atoms with Crippen molar-refractivity contribution in [3.63, 3.8) is 0 Å². The fourth-order valence-electron chi connectivity index (χ4n) is 1.09. The van der Waals surface area contributed by atoms with Crippen LogP contribution in [0.1, 0.15) is 24.2 Å². The summed E-state index contributed by atoms with van der Waals surface area (Å²) in [4.78, 5) is 12.7. The van der Waals surface area contributed by atoms with Crippen LogP contribution in [0.5, 0.6) is 0 Å². The number of hydrogen-bond acceptors (Lipinski definition) is 2. The van der Waals surface area contributed by atoms with E-state index in [1.807, 2.05) is 44.4 Å². The summed E-state index contributed by atoms with van der Waals surface area (Å²) >= 11 is 1.67. The molecule has 3 heteroatoms. The molecule has 76 valence electrons. The Hall–Kier alpha value is -0.960. The van der Waals surface area contributed by atoms with Crippen molar-refractivity contribution in [1.29, 1.82) is 0 Å². The van der Waals surface area contributed by atoms with Crippen molar-refractivity contribution in [3.05, 3.63) is 29.8 Å². The lowest BCUT2D eigenvalue weighted by molar-refractivity contribution is 0.0943. The van der Waals surface area contributed by atoms with E-state index in [4.69, 9.17) is 0 Å². The van der Waals surface area contributed by atoms with Gasteiger partial charge in [0.1, 0.15) is 0 Å². The van der Waals surface area contributed by atoms with Gasteiger partial charge in [0, 0.05) is 16.5 Å². The van der Waals surface area contributed by atoms with Gasteiger partial charge in [0.25, 0.3) is 5.91 Å². The van der Waals surface area contributed by atoms with Gasteiger partial charge in [-0.15, -0.1) is 11.8 Å². The predicted octanol–water partition coefficient (Wildman–Crippen LogP) is 2.55. The average molecular weight is 209 g/mol. The Balaban J connectivity index is 2.71. The van der Waals surface area contributed by atoms with Crippen LogP contribution in [0.15, 0.2) is 29.2 Å². The van der Waals surface area contributed by atoms with Crippen LogP contribution >= 0.6 is 11.8 Å². The number of thioether (sulfide) groups is 1. The van der Waals surface area contributed by atoms with Gasteiger partial charge in [-0.05, 0) is 44.4 Å². The number of rotatable bonds is 3. The van der Waals surface area contributed by atoms with Crippen molar-refractivity contribution in [2.75, 3.05) is 6.26 Å². The zero-order chi connectivity index (χ0) is 10.6. The minimum Gasteiger partial charge on any atom is -0.350 e. The highest BCUT2D eigenvalue weighted by molar-refractivity contribution is 7.98. The van der Waals surface area contributed by atoms with Crippen LogP contribution < -0.4 is 5.32 Å². The Kier molecular flexibility index (Phi) is 4.01. The van der Waals surface area contributed by atoms with Crippen molar-refractivity contribution in [2.45, 2.75) is 24.8 Å². The molecule has 0 unspecified atom stereocenters. The summed E-state index contributed by atoms with van der Waals surface area (Å²) in [5.41, 5.74) is 0.719. The van der Waals surface area contributed by atoms with Gasteiger partial charge in [-0.3, -0.25) is 4.79 Å². The van der Waals surface area contributed by atoms with E-state index in [2.05, 4.69) is 5.32 Å². The molecular formula is C11H15NOS. The van der Waals surface area contributed by atoms with Crippen molar-refractivity contribution >= 4 is 17.7 Å². The van der Waals surface area contributed by atoms with E-state index in [1.54, 1.807) is 11.8 Å². The maximum absolute atomic E-state index is 11.5. The quantitative estimate of drug-likeness (QED) is 0.775. The molecule has 0 aliphatic rings. The fraction of sp³-hybridized carbons (Fsp3) is 0.364. The monoisotopic (exact) mass is 209 g/mol. The molecule has 0 aliphatic heterocycles. The summed E-state index contributed by atoms with van der Waals surface area (Å²) in [6.45, 7) is 3.91. The zero-order valence-corrected chi connectivity index (χ0v) is 9.52. The maximum atomic E-state index is 11.5. The molecule has 14 heavy (non-hydrogen) atoms. The molecular weight excluding hydrogens is 194 g/mol. The van der Waals surface area contributed by atoms with Crippen molar-refractivity contribution < 1.29 is 4.79 Å². The summed E-state index contributed by atoms with van der Waals surface area (Å²) < 4.78 is 0. The van der Waals surface area contributed by atoms with Gasteiger partial charge >= 0.3 is 0 Å². The van der Waals surface area contributed by atoms with Gasteiger partial charge in [0.05, 0.1) is 0 Å². The third-order valence-electron chi connectivity index (χ3n) is 1.77. The lowest BCUT2D eigenvalue weighted by Crippen LogP contribution is -2.29. The molecule has 1 amide bonds. The lowest BCUT2D eigenvalue weighted by Gasteiger charge is -2.08. The SMILES string of the molecule is CSc1ccc(C(=O)NC(C)C)cc1. The summed E-state index contributed by atoms with van der Waals surface area (Å²) in [6.07, 6.45) is 2.02. The van der Waals surface area contributed by atoms with Gasteiger partial charge in [-0.1, -0.05) is 0 Å². The van der Waals surface area contributed by atoms with Crippen LogP contribution in [-0.2, 0) is 0 Å². The standard InChI is InChI=1S/C11H15NOS/c1-8(2)12-11(13)9-4-6-10(14-3)7-5-9/h4-8H,1-3H3,(H,12,13). The molecule has 0 aliphatic carbocycles. The Morgan fingerprint density at radius 3 is 2.29 bits per heavy atom. The second kappa shape index (κ2) is 5.05. The highest BCUT2D eigenvalue weighted by Gasteiger charge is 2.05. The number of benzene rings is 1. The number of hydrogen-bond donors (Lipinski definition) is 1. The number of carbonyl (C=O) groups excluding carboxylic acids is 1. The Labute approximate surface area is 89.1 Å². The largest absolute Gasteiger partial charge is 0.350 e. The number of carbonyl (C=O) groups is 1. The van der Waals surface area contributed by atoms with E-state index in [1.165, 1.54) is 4.90 Å². The van der Waals surface area contributed by atoms with Gasteiger partial charge in [-0.2, -0.15) is 0 Å². The van der Waals surface area contributed by atoms with Crippen LogP contribution in [-0.4, -0.2) is 18.2 Å². The van der Waals surface area contributed by atoms with E-state index in [0.29, 0.717) is 0 Å². The first-order valence-electron chi connectivity index (χ1n) is 4.58. The second-order valence-corrected chi connectivity index (χ2v) is 4.24. The zero-order valence-electron chi connectivity index (χ0n) is 8.70. The molecule has 0 spiro atoms. The van der Waals surface area contributed by atoms with Crippen LogP contribution in [0.4, 0.5) is 0 Å². The molecule has 1 rings (SSSR count). The smallest absolute Gasteiger partial charge is 0.251 e. The number of nitrogens with one attached hydrogen (secondary N) is 1. The number of amides is 1. The topological polar surface area (TPSA) is 29.1 Å². The van der Waals surface area contributed by atoms with E-state index in [0.717, 1.165) is 5.56 Å². The molecule has 1 aromatic carbocycles. The van der Waals surface area contributed by atoms with E-state index in [-0.39, 0.29) is 11.9 Å². The van der Waals surface area contributed by atoms with Gasteiger partial charge < -0.3 is 5.32 Å². The average Bonchev–Trinajstić information content (AvgIpc) is 2.17. The first kappa shape index (κ1) is 11.1. The first-order chi connectivity index (χ1) is 6.63. The van der Waals surface area contributed by atoms with Gasteiger partial charge in [-0.25, -0.2) is 0 Å². The van der Waals surface area contributed by atoms with Gasteiger partial charge in [0.2, 0.25) is 0 Å². The van der Waals surface area contributed by atoms with Crippen LogP contribution in [0.2, 0.25) is 0 Å². The van der Waals surface area contributed by atoms with Crippen molar-refractivity contribution in [3.8, 4) is 0 Å². The molecule has 0 saturated heterocycles. The second-order valence-electron chi connectivity index (χ2n) is 3.36. The third-order valence-corrected chi connectivity index (χ3v) is 2.52. The molecule has 0 saturated carbocycles. The minimum absolute atomic E-state index is 0.00680. The summed E-state index contributed by atoms with van der Waals surface area (Å²) in [5, 5.41) is 2.85. The molecule has 0 fully saturated rings. The Morgan fingerprint density at radius 1 is 1.29 bits per heavy atom. The first-order valence-corrected chi connectivity index (χ1v) is 5.81. The summed E-state index contributed by atoms with van der Waals surface area (Å²) in [6, 6.07) is 7.80. The summed E-state index contributed by atoms with van der Waals surface area (Å²) in [7, 11) is 0. The molecule has 0 heterocycles. The molecule has 0 aromatic heterocycles. The minimum atomic E-state index is -0.00680. The lowest BCUT2D eigenvalue weighted by atomic mass is 10.2. The molecule has 0 atom stereocenters. The van der Waals surface area contributed by atoms with E-state index < -0.39 is 0 Å². The maximum Gasteiger partial charge on any atom is 0.251 e. The predicted molar refractivity (Wildman–Crippen MR) is 60.8 cm³/mol. The highest BCUT2D eigenvalue weighted by Crippen LogP contribution is 2.14. The Bertz CT molecular complexity index is 306. The molecule has 0 bridgehead atoms. The van der Waals surface area contributed by atoms with Gasteiger partial charge in [0.15, 0.2) is 0 Å². The van der Waals surface area contributed by atoms with E-state index in [9.17, 15) is 4.79 Å². The molecule has 0 radical (unpaired) electrons. The normalized spacial score (nSPS) is 10.3. The molecule has 1 N–H and O–H groups in total. The van der Waals surface area contributed by atoms with Crippen LogP contribution in [0.25, 0.3) is 0 Å². The highest BCUT2D eigenvalue weighted by atomic mass is 32.2. The summed E-state index contributed by atoms with van der Waals surface area (Å²) in [5.74, 6) is -0.00680. The van der Waals surface area contributed by atoms with Crippen molar-refractivity contribution in [1.82, 2.24) is 5.32 Å². The third kappa shape index (κ3) is 3.07. The fourth-order valence-corrected chi connectivity index (χ4v) is 1.50. The molecule has 1 aromatic rings. The van der Waals surface area contributed by atoms with Crippen molar-refractivity contribution in [2.24, 2.45) is 0 Å². The molecule has 2 nitrogen and oxygen atoms in total. The van der Waals surface area contributed by atoms with Crippen LogP contribution in [0.3, 0.4) is 0 Å². The van der Waals surface area contributed by atoms with Crippen LogP contribution in [0, 0.1) is 0 Å². The van der Waals surface area contributed by atoms with E-state index >= 15 is 0 Å². The Morgan fingerprint density at radius 2 is 1.86 bits per heavy atom.